The molecule has 0 heterocycles. The summed E-state index contributed by atoms with van der Waals surface area (Å²) in [7, 11) is 4.72. The van der Waals surface area contributed by atoms with Crippen molar-refractivity contribution in [2.75, 3.05) is 34.5 Å². The lowest BCUT2D eigenvalue weighted by Gasteiger charge is -2.14. The van der Waals surface area contributed by atoms with Gasteiger partial charge in [0, 0.05) is 6.42 Å². The first-order valence-corrected chi connectivity index (χ1v) is 9.94. The summed E-state index contributed by atoms with van der Waals surface area (Å²) in [4.78, 5) is 12.2. The van der Waals surface area contributed by atoms with Gasteiger partial charge in [-0.25, -0.2) is 0 Å². The van der Waals surface area contributed by atoms with Crippen LogP contribution < -0.4 is 24.3 Å². The van der Waals surface area contributed by atoms with E-state index in [9.17, 15) is 4.79 Å². The Hall–Kier alpha value is -2.89. The van der Waals surface area contributed by atoms with E-state index >= 15 is 0 Å². The molecule has 0 spiro atoms. The van der Waals surface area contributed by atoms with Crippen LogP contribution in [-0.2, 0) is 24.1 Å². The van der Waals surface area contributed by atoms with Crippen LogP contribution in [0.3, 0.4) is 0 Å². The molecule has 1 N–H and O–H groups in total. The highest BCUT2D eigenvalue weighted by Gasteiger charge is 2.14. The molecule has 1 amide bonds. The second kappa shape index (κ2) is 10.0. The maximum Gasteiger partial charge on any atom is 0.220 e. The number of hydrogen-bond donors (Lipinski definition) is 1. The molecule has 0 bridgehead atoms. The van der Waals surface area contributed by atoms with Crippen molar-refractivity contribution in [2.45, 2.75) is 32.1 Å². The van der Waals surface area contributed by atoms with Gasteiger partial charge in [0.15, 0.2) is 11.5 Å². The van der Waals surface area contributed by atoms with Gasteiger partial charge in [-0.2, -0.15) is 0 Å². The number of ether oxygens (including phenoxy) is 4. The van der Waals surface area contributed by atoms with Gasteiger partial charge in [-0.15, -0.1) is 0 Å². The van der Waals surface area contributed by atoms with Crippen molar-refractivity contribution >= 4 is 5.91 Å². The first-order valence-electron chi connectivity index (χ1n) is 9.94. The summed E-state index contributed by atoms with van der Waals surface area (Å²) < 4.78 is 21.8. The van der Waals surface area contributed by atoms with E-state index in [4.69, 9.17) is 18.9 Å². The van der Waals surface area contributed by atoms with Crippen molar-refractivity contribution < 1.29 is 23.7 Å². The quantitative estimate of drug-likeness (QED) is 0.621. The van der Waals surface area contributed by atoms with Crippen LogP contribution >= 0.6 is 0 Å². The number of nitrogens with one attached hydrogen (secondary N) is 1. The molecule has 3 rings (SSSR count). The Morgan fingerprint density at radius 2 is 1.69 bits per heavy atom. The van der Waals surface area contributed by atoms with E-state index < -0.39 is 0 Å². The lowest BCUT2D eigenvalue weighted by Crippen LogP contribution is -2.28. The van der Waals surface area contributed by atoms with Gasteiger partial charge in [0.2, 0.25) is 11.7 Å². The van der Waals surface area contributed by atoms with Gasteiger partial charge in [-0.3, -0.25) is 4.79 Å². The molecule has 0 saturated heterocycles. The van der Waals surface area contributed by atoms with Crippen molar-refractivity contribution in [3.05, 3.63) is 47.0 Å². The Balaban J connectivity index is 1.43. The molecule has 1 aliphatic carbocycles. The topological polar surface area (TPSA) is 66.0 Å². The second-order valence-electron chi connectivity index (χ2n) is 7.02. The number of hydrogen-bond acceptors (Lipinski definition) is 5. The Labute approximate surface area is 172 Å². The van der Waals surface area contributed by atoms with Gasteiger partial charge < -0.3 is 24.3 Å². The number of methoxy groups -OCH3 is 3. The minimum absolute atomic E-state index is 0.0173. The Morgan fingerprint density at radius 3 is 2.38 bits per heavy atom. The summed E-state index contributed by atoms with van der Waals surface area (Å²) in [5.74, 6) is 2.58. The predicted octanol–water partition coefficient (Wildman–Crippen LogP) is 3.33. The third kappa shape index (κ3) is 5.34. The summed E-state index contributed by atoms with van der Waals surface area (Å²) in [6, 6.07) is 10.0. The molecular formula is C23H29NO5. The van der Waals surface area contributed by atoms with Crippen LogP contribution in [0.5, 0.6) is 23.0 Å². The third-order valence-electron chi connectivity index (χ3n) is 5.13. The van der Waals surface area contributed by atoms with Gasteiger partial charge >= 0.3 is 0 Å². The summed E-state index contributed by atoms with van der Waals surface area (Å²) in [6.45, 7) is 0.930. The van der Waals surface area contributed by atoms with Gasteiger partial charge in [-0.05, 0) is 66.6 Å². The first kappa shape index (κ1) is 20.8. The average molecular weight is 399 g/mol. The van der Waals surface area contributed by atoms with E-state index in [0.717, 1.165) is 24.2 Å². The molecule has 0 saturated carbocycles. The first-order chi connectivity index (χ1) is 14.1. The lowest BCUT2D eigenvalue weighted by molar-refractivity contribution is -0.121. The van der Waals surface area contributed by atoms with Crippen LogP contribution in [0.2, 0.25) is 0 Å². The highest BCUT2D eigenvalue weighted by molar-refractivity contribution is 5.76. The fourth-order valence-electron chi connectivity index (χ4n) is 3.62. The standard InChI is InChI=1S/C23H29NO5/c1-26-20-13-16(14-21(27-2)23(20)28-3)7-10-22(25)24-11-12-29-19-9-8-17-5-4-6-18(17)15-19/h8-9,13-15H,4-7,10-12H2,1-3H3,(H,24,25). The van der Waals surface area contributed by atoms with Gasteiger partial charge in [0.1, 0.15) is 12.4 Å². The van der Waals surface area contributed by atoms with Crippen LogP contribution in [0, 0.1) is 0 Å². The molecular weight excluding hydrogens is 370 g/mol. The van der Waals surface area contributed by atoms with Crippen molar-refractivity contribution in [2.24, 2.45) is 0 Å². The van der Waals surface area contributed by atoms with Crippen molar-refractivity contribution in [3.8, 4) is 23.0 Å². The maximum atomic E-state index is 12.2. The van der Waals surface area contributed by atoms with Crippen molar-refractivity contribution in [3.63, 3.8) is 0 Å². The SMILES string of the molecule is COc1cc(CCC(=O)NCCOc2ccc3c(c2)CCC3)cc(OC)c1OC. The Bertz CT molecular complexity index is 824. The zero-order valence-electron chi connectivity index (χ0n) is 17.4. The van der Waals surface area contributed by atoms with E-state index in [1.54, 1.807) is 21.3 Å². The second-order valence-corrected chi connectivity index (χ2v) is 7.02. The van der Waals surface area contributed by atoms with Crippen molar-refractivity contribution in [1.82, 2.24) is 5.32 Å². The number of carbonyl (C=O) groups excluding carboxylic acids is 1. The molecule has 156 valence electrons. The minimum Gasteiger partial charge on any atom is -0.493 e. The number of carbonyl (C=O) groups is 1. The summed E-state index contributed by atoms with van der Waals surface area (Å²) in [5, 5.41) is 2.90. The van der Waals surface area contributed by atoms with Gasteiger partial charge in [-0.1, -0.05) is 6.07 Å². The molecule has 0 unspecified atom stereocenters. The normalized spacial score (nSPS) is 12.2. The summed E-state index contributed by atoms with van der Waals surface area (Å²) in [6.07, 6.45) is 4.47. The van der Waals surface area contributed by atoms with Crippen LogP contribution in [0.15, 0.2) is 30.3 Å². The number of aryl methyl sites for hydroxylation is 3. The van der Waals surface area contributed by atoms with Gasteiger partial charge in [0.25, 0.3) is 0 Å². The molecule has 2 aromatic rings. The number of benzene rings is 2. The molecule has 0 atom stereocenters. The molecule has 2 aromatic carbocycles. The van der Waals surface area contributed by atoms with E-state index in [-0.39, 0.29) is 5.91 Å². The number of amides is 1. The largest absolute Gasteiger partial charge is 0.493 e. The third-order valence-corrected chi connectivity index (χ3v) is 5.13. The minimum atomic E-state index is -0.0173. The fraction of sp³-hybridized carbons (Fsp3) is 0.435. The molecule has 0 aliphatic heterocycles. The van der Waals surface area contributed by atoms with E-state index in [2.05, 4.69) is 17.4 Å². The van der Waals surface area contributed by atoms with E-state index in [0.29, 0.717) is 43.2 Å². The van der Waals surface area contributed by atoms with Crippen LogP contribution in [0.1, 0.15) is 29.5 Å². The number of rotatable bonds is 10. The predicted molar refractivity (Wildman–Crippen MR) is 111 cm³/mol. The summed E-state index contributed by atoms with van der Waals surface area (Å²) >= 11 is 0. The Kier molecular flexibility index (Phi) is 7.22. The molecule has 0 radical (unpaired) electrons. The zero-order valence-corrected chi connectivity index (χ0v) is 17.4. The highest BCUT2D eigenvalue weighted by Crippen LogP contribution is 2.38. The molecule has 6 heteroatoms. The molecule has 6 nitrogen and oxygen atoms in total. The van der Waals surface area contributed by atoms with E-state index in [1.165, 1.54) is 17.5 Å². The average Bonchev–Trinajstić information content (AvgIpc) is 3.22. The smallest absolute Gasteiger partial charge is 0.220 e. The maximum absolute atomic E-state index is 12.2. The highest BCUT2D eigenvalue weighted by atomic mass is 16.5. The van der Waals surface area contributed by atoms with E-state index in [1.807, 2.05) is 18.2 Å². The fourth-order valence-corrected chi connectivity index (χ4v) is 3.62. The van der Waals surface area contributed by atoms with Crippen LogP contribution in [-0.4, -0.2) is 40.4 Å². The molecule has 0 aromatic heterocycles. The summed E-state index contributed by atoms with van der Waals surface area (Å²) in [5.41, 5.74) is 3.76. The zero-order chi connectivity index (χ0) is 20.6. The van der Waals surface area contributed by atoms with Gasteiger partial charge in [0.05, 0.1) is 27.9 Å². The number of fused-ring (bicyclic) bond motifs is 1. The van der Waals surface area contributed by atoms with Crippen LogP contribution in [0.25, 0.3) is 0 Å². The molecule has 1 aliphatic rings. The molecule has 29 heavy (non-hydrogen) atoms. The Morgan fingerprint density at radius 1 is 0.966 bits per heavy atom. The monoisotopic (exact) mass is 399 g/mol. The van der Waals surface area contributed by atoms with Crippen molar-refractivity contribution in [1.29, 1.82) is 0 Å². The molecule has 0 fully saturated rings. The van der Waals surface area contributed by atoms with Crippen LogP contribution in [0.4, 0.5) is 0 Å². The lowest BCUT2D eigenvalue weighted by atomic mass is 10.1.